The fraction of sp³-hybridized carbons (Fsp3) is 0.333. The molecule has 0 spiro atoms. The molecule has 5 nitrogen and oxygen atoms in total. The van der Waals surface area contributed by atoms with Crippen LogP contribution < -0.4 is 5.73 Å². The number of halogens is 1. The summed E-state index contributed by atoms with van der Waals surface area (Å²) in [6.07, 6.45) is 1.60. The van der Waals surface area contributed by atoms with Gasteiger partial charge in [0.15, 0.2) is 0 Å². The van der Waals surface area contributed by atoms with E-state index in [-0.39, 0.29) is 0 Å². The maximum absolute atomic E-state index is 6.04. The molecule has 2 aromatic heterocycles. The van der Waals surface area contributed by atoms with Crippen LogP contribution in [0.4, 0.5) is 5.82 Å². The van der Waals surface area contributed by atoms with Crippen molar-refractivity contribution in [3.8, 4) is 11.4 Å². The Kier molecular flexibility index (Phi) is 2.19. The maximum Gasteiger partial charge on any atom is 0.124 e. The normalized spacial score (nSPS) is 10.9. The molecule has 0 bridgehead atoms. The quantitative estimate of drug-likeness (QED) is 0.797. The highest BCUT2D eigenvalue weighted by Gasteiger charge is 2.17. The molecule has 2 aromatic rings. The molecule has 6 heteroatoms. The Morgan fingerprint density at radius 3 is 2.40 bits per heavy atom. The number of hydrogen-bond donors (Lipinski definition) is 1. The number of nitrogens with zero attached hydrogens (tertiary/aromatic N) is 4. The number of anilines is 1. The van der Waals surface area contributed by atoms with Gasteiger partial charge in [-0.3, -0.25) is 9.36 Å². The predicted octanol–water partition coefficient (Wildman–Crippen LogP) is 1.36. The summed E-state index contributed by atoms with van der Waals surface area (Å²) in [4.78, 5) is 0. The third kappa shape index (κ3) is 1.39. The monoisotopic (exact) mass is 225 g/mol. The van der Waals surface area contributed by atoms with Crippen molar-refractivity contribution < 1.29 is 0 Å². The molecule has 0 saturated carbocycles. The first kappa shape index (κ1) is 10.0. The second kappa shape index (κ2) is 3.27. The number of rotatable bonds is 1. The summed E-state index contributed by atoms with van der Waals surface area (Å²) in [7, 11) is 3.63. The van der Waals surface area contributed by atoms with Crippen molar-refractivity contribution in [2.45, 2.75) is 6.92 Å². The molecular weight excluding hydrogens is 214 g/mol. The summed E-state index contributed by atoms with van der Waals surface area (Å²) in [5, 5.41) is 8.97. The third-order valence-corrected chi connectivity index (χ3v) is 2.73. The van der Waals surface area contributed by atoms with Crippen molar-refractivity contribution in [2.75, 3.05) is 5.73 Å². The molecule has 0 saturated heterocycles. The highest BCUT2D eigenvalue weighted by Crippen LogP contribution is 2.30. The summed E-state index contributed by atoms with van der Waals surface area (Å²) < 4.78 is 3.32. The molecule has 0 fully saturated rings. The van der Waals surface area contributed by atoms with E-state index >= 15 is 0 Å². The smallest absolute Gasteiger partial charge is 0.124 e. The summed E-state index contributed by atoms with van der Waals surface area (Å²) in [6, 6.07) is 0. The van der Waals surface area contributed by atoms with Crippen LogP contribution in [0, 0.1) is 6.92 Å². The Hall–Kier alpha value is -1.49. The van der Waals surface area contributed by atoms with E-state index in [0.29, 0.717) is 10.8 Å². The molecule has 80 valence electrons. The first-order valence-corrected chi connectivity index (χ1v) is 4.87. The number of nitrogen functional groups attached to an aromatic ring is 1. The van der Waals surface area contributed by atoms with E-state index < -0.39 is 0 Å². The van der Waals surface area contributed by atoms with Crippen LogP contribution in [0.25, 0.3) is 11.4 Å². The Balaban J connectivity index is 2.69. The van der Waals surface area contributed by atoms with E-state index in [1.54, 1.807) is 22.6 Å². The molecule has 0 aromatic carbocycles. The Morgan fingerprint density at radius 1 is 1.33 bits per heavy atom. The molecule has 0 unspecified atom stereocenters. The average Bonchev–Trinajstić information content (AvgIpc) is 2.63. The lowest BCUT2D eigenvalue weighted by Crippen LogP contribution is -1.98. The van der Waals surface area contributed by atoms with Crippen molar-refractivity contribution in [1.82, 2.24) is 19.6 Å². The highest BCUT2D eigenvalue weighted by molar-refractivity contribution is 6.33. The van der Waals surface area contributed by atoms with E-state index in [4.69, 9.17) is 17.3 Å². The minimum absolute atomic E-state index is 0.582. The molecule has 2 N–H and O–H groups in total. The average molecular weight is 226 g/mol. The zero-order valence-corrected chi connectivity index (χ0v) is 9.58. The van der Waals surface area contributed by atoms with E-state index in [0.717, 1.165) is 17.0 Å². The van der Waals surface area contributed by atoms with Gasteiger partial charge in [-0.05, 0) is 6.92 Å². The molecule has 0 aliphatic carbocycles. The Bertz CT molecular complexity index is 491. The standard InChI is InChI=1S/C9H12ClN5/c1-5-7(13-15(3)9(5)11)8-6(10)4-12-14(8)2/h4H,11H2,1-3H3. The number of aryl methyl sites for hydroxylation is 2. The molecule has 0 atom stereocenters. The fourth-order valence-corrected chi connectivity index (χ4v) is 1.80. The first-order chi connectivity index (χ1) is 7.02. The summed E-state index contributed by atoms with van der Waals surface area (Å²) in [6.45, 7) is 1.92. The highest BCUT2D eigenvalue weighted by atomic mass is 35.5. The second-order valence-electron chi connectivity index (χ2n) is 3.45. The van der Waals surface area contributed by atoms with Crippen LogP contribution in [0.15, 0.2) is 6.20 Å². The summed E-state index contributed by atoms with van der Waals surface area (Å²) in [5.41, 5.74) is 8.33. The molecule has 15 heavy (non-hydrogen) atoms. The van der Waals surface area contributed by atoms with Crippen LogP contribution >= 0.6 is 11.6 Å². The Morgan fingerprint density at radius 2 is 2.00 bits per heavy atom. The van der Waals surface area contributed by atoms with Crippen molar-refractivity contribution in [3.05, 3.63) is 16.8 Å². The molecule has 0 radical (unpaired) electrons. The van der Waals surface area contributed by atoms with Crippen molar-refractivity contribution in [2.24, 2.45) is 14.1 Å². The summed E-state index contributed by atoms with van der Waals surface area (Å²) in [5.74, 6) is 0.641. The minimum Gasteiger partial charge on any atom is -0.384 e. The van der Waals surface area contributed by atoms with Gasteiger partial charge in [0.2, 0.25) is 0 Å². The zero-order chi connectivity index (χ0) is 11.2. The third-order valence-electron chi connectivity index (χ3n) is 2.46. The van der Waals surface area contributed by atoms with Crippen molar-refractivity contribution in [3.63, 3.8) is 0 Å². The SMILES string of the molecule is Cc1c(-c2c(Cl)cnn2C)nn(C)c1N. The first-order valence-electron chi connectivity index (χ1n) is 4.49. The lowest BCUT2D eigenvalue weighted by molar-refractivity contribution is 0.754. The molecule has 0 amide bonds. The van der Waals surface area contributed by atoms with Gasteiger partial charge >= 0.3 is 0 Å². The fourth-order valence-electron chi connectivity index (χ4n) is 1.54. The van der Waals surface area contributed by atoms with Gasteiger partial charge in [-0.2, -0.15) is 10.2 Å². The van der Waals surface area contributed by atoms with Crippen LogP contribution in [-0.4, -0.2) is 19.6 Å². The van der Waals surface area contributed by atoms with Crippen molar-refractivity contribution in [1.29, 1.82) is 0 Å². The van der Waals surface area contributed by atoms with E-state index in [9.17, 15) is 0 Å². The van der Waals surface area contributed by atoms with Gasteiger partial charge in [0.25, 0.3) is 0 Å². The lowest BCUT2D eigenvalue weighted by atomic mass is 10.2. The molecule has 2 heterocycles. The Labute approximate surface area is 92.4 Å². The number of hydrogen-bond acceptors (Lipinski definition) is 3. The van der Waals surface area contributed by atoms with E-state index in [1.807, 2.05) is 14.0 Å². The van der Waals surface area contributed by atoms with Crippen LogP contribution in [0.2, 0.25) is 5.02 Å². The van der Waals surface area contributed by atoms with Gasteiger partial charge in [0.1, 0.15) is 17.2 Å². The van der Waals surface area contributed by atoms with Crippen LogP contribution in [0.3, 0.4) is 0 Å². The summed E-state index contributed by atoms with van der Waals surface area (Å²) >= 11 is 6.04. The van der Waals surface area contributed by atoms with Gasteiger partial charge in [-0.15, -0.1) is 0 Å². The van der Waals surface area contributed by atoms with E-state index in [2.05, 4.69) is 10.2 Å². The lowest BCUT2D eigenvalue weighted by Gasteiger charge is -1.99. The van der Waals surface area contributed by atoms with E-state index in [1.165, 1.54) is 0 Å². The second-order valence-corrected chi connectivity index (χ2v) is 3.85. The molecule has 2 rings (SSSR count). The van der Waals surface area contributed by atoms with Gasteiger partial charge in [0, 0.05) is 19.7 Å². The maximum atomic E-state index is 6.04. The van der Waals surface area contributed by atoms with Gasteiger partial charge in [-0.1, -0.05) is 11.6 Å². The zero-order valence-electron chi connectivity index (χ0n) is 8.82. The molecule has 0 aliphatic rings. The van der Waals surface area contributed by atoms with Crippen LogP contribution in [0.5, 0.6) is 0 Å². The minimum atomic E-state index is 0.582. The van der Waals surface area contributed by atoms with Gasteiger partial charge in [0.05, 0.1) is 11.2 Å². The predicted molar refractivity (Wildman–Crippen MR) is 59.6 cm³/mol. The van der Waals surface area contributed by atoms with Crippen LogP contribution in [0.1, 0.15) is 5.56 Å². The van der Waals surface area contributed by atoms with Gasteiger partial charge in [-0.25, -0.2) is 0 Å². The van der Waals surface area contributed by atoms with Crippen LogP contribution in [-0.2, 0) is 14.1 Å². The molecular formula is C9H12ClN5. The topological polar surface area (TPSA) is 61.7 Å². The number of aromatic nitrogens is 4. The molecule has 0 aliphatic heterocycles. The number of nitrogens with two attached hydrogens (primary N) is 1. The van der Waals surface area contributed by atoms with Crippen molar-refractivity contribution >= 4 is 17.4 Å². The largest absolute Gasteiger partial charge is 0.384 e. The van der Waals surface area contributed by atoms with Gasteiger partial charge < -0.3 is 5.73 Å².